The molecule has 3 rings (SSSR count). The van der Waals surface area contributed by atoms with Gasteiger partial charge in [0.25, 0.3) is 11.8 Å². The van der Waals surface area contributed by atoms with Crippen LogP contribution in [0.25, 0.3) is 0 Å². The van der Waals surface area contributed by atoms with Gasteiger partial charge in [0.15, 0.2) is 6.61 Å². The molecule has 2 amide bonds. The van der Waals surface area contributed by atoms with Crippen molar-refractivity contribution in [1.29, 1.82) is 0 Å². The minimum atomic E-state index is -0.140. The summed E-state index contributed by atoms with van der Waals surface area (Å²) in [4.78, 5) is 30.2. The third-order valence-corrected chi connectivity index (χ3v) is 4.14. The smallest absolute Gasteiger partial charge is 0.272 e. The van der Waals surface area contributed by atoms with Crippen LogP contribution in [-0.2, 0) is 4.79 Å². The number of nitrogens with zero attached hydrogens (tertiary/aromatic N) is 2. The second-order valence-electron chi connectivity index (χ2n) is 5.95. The molecule has 1 saturated heterocycles. The van der Waals surface area contributed by atoms with Gasteiger partial charge >= 0.3 is 0 Å². The highest BCUT2D eigenvalue weighted by Gasteiger charge is 2.25. The highest BCUT2D eigenvalue weighted by atomic mass is 16.5. The van der Waals surface area contributed by atoms with Crippen molar-refractivity contribution < 1.29 is 14.3 Å². The topological polar surface area (TPSA) is 71.5 Å². The van der Waals surface area contributed by atoms with Crippen LogP contribution in [0.3, 0.4) is 0 Å². The van der Waals surface area contributed by atoms with Crippen LogP contribution in [0.1, 0.15) is 23.3 Å². The zero-order chi connectivity index (χ0) is 17.5. The Balaban J connectivity index is 1.41. The molecule has 0 spiro atoms. The highest BCUT2D eigenvalue weighted by molar-refractivity contribution is 5.92. The summed E-state index contributed by atoms with van der Waals surface area (Å²) in [6.45, 7) is 1.22. The van der Waals surface area contributed by atoms with Crippen LogP contribution in [0.15, 0.2) is 54.7 Å². The lowest BCUT2D eigenvalue weighted by atomic mass is 10.0. The average molecular weight is 339 g/mol. The lowest BCUT2D eigenvalue weighted by molar-refractivity contribution is -0.124. The molecule has 1 aliphatic heterocycles. The molecule has 1 N–H and O–H groups in total. The standard InChI is InChI=1S/C19H21N3O3/c23-18(14-25-16-6-2-1-3-7-16)21-15-9-12-22(13-10-15)19(24)17-8-4-5-11-20-17/h1-8,11,15H,9-10,12-14H2,(H,21,23). The molecule has 25 heavy (non-hydrogen) atoms. The molecule has 0 atom stereocenters. The van der Waals surface area contributed by atoms with E-state index in [1.54, 1.807) is 29.3 Å². The van der Waals surface area contributed by atoms with Crippen LogP contribution in [0.4, 0.5) is 0 Å². The number of nitrogens with one attached hydrogen (secondary N) is 1. The lowest BCUT2D eigenvalue weighted by Gasteiger charge is -2.32. The van der Waals surface area contributed by atoms with Crippen LogP contribution < -0.4 is 10.1 Å². The van der Waals surface area contributed by atoms with Gasteiger partial charge in [-0.15, -0.1) is 0 Å². The summed E-state index contributed by atoms with van der Waals surface area (Å²) in [7, 11) is 0. The van der Waals surface area contributed by atoms with Crippen LogP contribution in [0.5, 0.6) is 5.75 Å². The first-order valence-electron chi connectivity index (χ1n) is 8.40. The van der Waals surface area contributed by atoms with Gasteiger partial charge in [0.2, 0.25) is 0 Å². The Morgan fingerprint density at radius 2 is 1.80 bits per heavy atom. The van der Waals surface area contributed by atoms with E-state index in [0.29, 0.717) is 24.5 Å². The summed E-state index contributed by atoms with van der Waals surface area (Å²) in [5.74, 6) is 0.476. The summed E-state index contributed by atoms with van der Waals surface area (Å²) in [6, 6.07) is 14.6. The van der Waals surface area contributed by atoms with E-state index in [2.05, 4.69) is 10.3 Å². The number of para-hydroxylation sites is 1. The van der Waals surface area contributed by atoms with E-state index in [-0.39, 0.29) is 24.5 Å². The molecule has 1 aliphatic rings. The van der Waals surface area contributed by atoms with E-state index in [1.807, 2.05) is 30.3 Å². The molecule has 0 radical (unpaired) electrons. The van der Waals surface area contributed by atoms with E-state index in [0.717, 1.165) is 12.8 Å². The Morgan fingerprint density at radius 3 is 2.48 bits per heavy atom. The van der Waals surface area contributed by atoms with Crippen molar-refractivity contribution in [3.63, 3.8) is 0 Å². The Kier molecular flexibility index (Phi) is 5.61. The van der Waals surface area contributed by atoms with E-state index < -0.39 is 0 Å². The van der Waals surface area contributed by atoms with Crippen molar-refractivity contribution >= 4 is 11.8 Å². The van der Waals surface area contributed by atoms with Crippen molar-refractivity contribution in [2.24, 2.45) is 0 Å². The van der Waals surface area contributed by atoms with Crippen molar-refractivity contribution in [2.45, 2.75) is 18.9 Å². The summed E-state index contributed by atoms with van der Waals surface area (Å²) in [5, 5.41) is 2.97. The molecule has 2 heterocycles. The predicted molar refractivity (Wildman–Crippen MR) is 93.2 cm³/mol. The van der Waals surface area contributed by atoms with E-state index in [4.69, 9.17) is 4.74 Å². The maximum absolute atomic E-state index is 12.3. The van der Waals surface area contributed by atoms with Gasteiger partial charge in [-0.25, -0.2) is 0 Å². The minimum absolute atomic E-state index is 0.00288. The summed E-state index contributed by atoms with van der Waals surface area (Å²) in [6.07, 6.45) is 3.08. The molecule has 0 bridgehead atoms. The fourth-order valence-electron chi connectivity index (χ4n) is 2.81. The predicted octanol–water partition coefficient (Wildman–Crippen LogP) is 1.88. The van der Waals surface area contributed by atoms with Crippen LogP contribution in [-0.4, -0.2) is 47.4 Å². The van der Waals surface area contributed by atoms with Crippen molar-refractivity contribution in [2.75, 3.05) is 19.7 Å². The summed E-state index contributed by atoms with van der Waals surface area (Å²) < 4.78 is 5.44. The maximum atomic E-state index is 12.3. The number of benzene rings is 1. The Labute approximate surface area is 146 Å². The first-order valence-corrected chi connectivity index (χ1v) is 8.40. The summed E-state index contributed by atoms with van der Waals surface area (Å²) >= 11 is 0. The fourth-order valence-corrected chi connectivity index (χ4v) is 2.81. The number of piperidine rings is 1. The number of ether oxygens (including phenoxy) is 1. The molecular weight excluding hydrogens is 318 g/mol. The molecule has 0 saturated carbocycles. The molecule has 2 aromatic rings. The quantitative estimate of drug-likeness (QED) is 0.903. The first kappa shape index (κ1) is 17.0. The number of amides is 2. The Hall–Kier alpha value is -2.89. The number of aromatic nitrogens is 1. The molecule has 6 nitrogen and oxygen atoms in total. The van der Waals surface area contributed by atoms with Gasteiger partial charge in [-0.05, 0) is 37.1 Å². The number of carbonyl (C=O) groups is 2. The monoisotopic (exact) mass is 339 g/mol. The summed E-state index contributed by atoms with van der Waals surface area (Å²) in [5.41, 5.74) is 0.459. The molecule has 1 aromatic carbocycles. The lowest BCUT2D eigenvalue weighted by Crippen LogP contribution is -2.47. The number of pyridine rings is 1. The van der Waals surface area contributed by atoms with Gasteiger partial charge in [0.05, 0.1) is 0 Å². The van der Waals surface area contributed by atoms with Crippen molar-refractivity contribution in [1.82, 2.24) is 15.2 Å². The molecule has 1 aromatic heterocycles. The van der Waals surface area contributed by atoms with Gasteiger partial charge in [-0.1, -0.05) is 24.3 Å². The Morgan fingerprint density at radius 1 is 1.08 bits per heavy atom. The maximum Gasteiger partial charge on any atom is 0.272 e. The van der Waals surface area contributed by atoms with Gasteiger partial charge in [0.1, 0.15) is 11.4 Å². The number of rotatable bonds is 5. The van der Waals surface area contributed by atoms with Gasteiger partial charge < -0.3 is 15.0 Å². The van der Waals surface area contributed by atoms with Gasteiger partial charge in [-0.2, -0.15) is 0 Å². The minimum Gasteiger partial charge on any atom is -0.484 e. The SMILES string of the molecule is O=C(COc1ccccc1)NC1CCN(C(=O)c2ccccn2)CC1. The molecule has 6 heteroatoms. The van der Waals surface area contributed by atoms with E-state index in [1.165, 1.54) is 0 Å². The van der Waals surface area contributed by atoms with Crippen LogP contribution >= 0.6 is 0 Å². The number of hydrogen-bond donors (Lipinski definition) is 1. The van der Waals surface area contributed by atoms with Gasteiger partial charge in [0, 0.05) is 25.3 Å². The third-order valence-electron chi connectivity index (χ3n) is 4.14. The average Bonchev–Trinajstić information content (AvgIpc) is 2.68. The van der Waals surface area contributed by atoms with Crippen molar-refractivity contribution in [3.05, 3.63) is 60.4 Å². The zero-order valence-electron chi connectivity index (χ0n) is 13.9. The first-order chi connectivity index (χ1) is 12.2. The highest BCUT2D eigenvalue weighted by Crippen LogP contribution is 2.13. The van der Waals surface area contributed by atoms with Crippen molar-refractivity contribution in [3.8, 4) is 5.75 Å². The molecule has 130 valence electrons. The molecule has 1 fully saturated rings. The van der Waals surface area contributed by atoms with Gasteiger partial charge in [-0.3, -0.25) is 14.6 Å². The van der Waals surface area contributed by atoms with E-state index >= 15 is 0 Å². The van der Waals surface area contributed by atoms with Crippen LogP contribution in [0, 0.1) is 0 Å². The zero-order valence-corrected chi connectivity index (χ0v) is 13.9. The molecule has 0 aliphatic carbocycles. The normalized spacial score (nSPS) is 14.8. The largest absolute Gasteiger partial charge is 0.484 e. The second kappa shape index (κ2) is 8.28. The fraction of sp³-hybridized carbons (Fsp3) is 0.316. The Bertz CT molecular complexity index is 698. The number of likely N-dealkylation sites (tertiary alicyclic amines) is 1. The molecular formula is C19H21N3O3. The number of carbonyl (C=O) groups excluding carboxylic acids is 2. The van der Waals surface area contributed by atoms with Crippen LogP contribution in [0.2, 0.25) is 0 Å². The third kappa shape index (κ3) is 4.79. The molecule has 0 unspecified atom stereocenters. The van der Waals surface area contributed by atoms with E-state index in [9.17, 15) is 9.59 Å². The second-order valence-corrected chi connectivity index (χ2v) is 5.95. The number of hydrogen-bond acceptors (Lipinski definition) is 4.